The molecule has 0 saturated carbocycles. The first-order chi connectivity index (χ1) is 16.5. The standard InChI is InChI=1S/C24H31ClFN3O5S/c1-5-21(24(31)27-2)28(16-17-8-10-18(26)11-9-17)23(30)7-6-14-29(35(4,32)33)19-12-13-22(34-3)20(25)15-19/h8-13,15,21H,5-7,14,16H2,1-4H3,(H,27,31)/t21-/m0/s1. The van der Waals surface area contributed by atoms with Crippen molar-refractivity contribution in [2.75, 3.05) is 31.3 Å². The molecule has 2 amide bonds. The van der Waals surface area contributed by atoms with Crippen molar-refractivity contribution in [1.29, 1.82) is 0 Å². The number of carbonyl (C=O) groups is 2. The molecule has 0 fully saturated rings. The highest BCUT2D eigenvalue weighted by molar-refractivity contribution is 7.92. The molecule has 0 spiro atoms. The van der Waals surface area contributed by atoms with Crippen molar-refractivity contribution in [3.63, 3.8) is 0 Å². The van der Waals surface area contributed by atoms with Gasteiger partial charge in [-0.3, -0.25) is 13.9 Å². The SMILES string of the molecule is CC[C@@H](C(=O)NC)N(Cc1ccc(F)cc1)C(=O)CCCN(c1ccc(OC)c(Cl)c1)S(C)(=O)=O. The Labute approximate surface area is 211 Å². The fourth-order valence-corrected chi connectivity index (χ4v) is 4.90. The highest BCUT2D eigenvalue weighted by Gasteiger charge is 2.28. The predicted molar refractivity (Wildman–Crippen MR) is 135 cm³/mol. The number of likely N-dealkylation sites (N-methyl/N-ethyl adjacent to an activating group) is 1. The van der Waals surface area contributed by atoms with Crippen LogP contribution in [0.25, 0.3) is 0 Å². The third-order valence-electron chi connectivity index (χ3n) is 5.47. The van der Waals surface area contributed by atoms with Crippen LogP contribution in [0.15, 0.2) is 42.5 Å². The first-order valence-corrected chi connectivity index (χ1v) is 13.3. The molecule has 0 unspecified atom stereocenters. The Bertz CT molecular complexity index is 1130. The number of nitrogens with zero attached hydrogens (tertiary/aromatic N) is 2. The zero-order valence-electron chi connectivity index (χ0n) is 20.3. The van der Waals surface area contributed by atoms with E-state index in [4.69, 9.17) is 16.3 Å². The van der Waals surface area contributed by atoms with Crippen LogP contribution >= 0.6 is 11.6 Å². The van der Waals surface area contributed by atoms with Crippen molar-refractivity contribution in [3.8, 4) is 5.75 Å². The maximum absolute atomic E-state index is 13.3. The van der Waals surface area contributed by atoms with Gasteiger partial charge in [-0.2, -0.15) is 0 Å². The van der Waals surface area contributed by atoms with Gasteiger partial charge in [0.05, 0.1) is 24.1 Å². The minimum atomic E-state index is -3.65. The van der Waals surface area contributed by atoms with Gasteiger partial charge in [0.2, 0.25) is 21.8 Å². The third-order valence-corrected chi connectivity index (χ3v) is 6.96. The van der Waals surface area contributed by atoms with Crippen molar-refractivity contribution < 1.29 is 27.1 Å². The number of methoxy groups -OCH3 is 1. The molecule has 0 saturated heterocycles. The normalized spacial score (nSPS) is 12.1. The molecular formula is C24H31ClFN3O5S. The molecule has 8 nitrogen and oxygen atoms in total. The fraction of sp³-hybridized carbons (Fsp3) is 0.417. The number of hydrogen-bond donors (Lipinski definition) is 1. The van der Waals surface area contributed by atoms with Crippen LogP contribution in [0.2, 0.25) is 5.02 Å². The molecule has 1 N–H and O–H groups in total. The number of amides is 2. The molecule has 0 aliphatic carbocycles. The second-order valence-electron chi connectivity index (χ2n) is 7.94. The number of rotatable bonds is 12. The summed E-state index contributed by atoms with van der Waals surface area (Å²) < 4.78 is 44.5. The third kappa shape index (κ3) is 7.83. The van der Waals surface area contributed by atoms with Gasteiger partial charge in [0.1, 0.15) is 17.6 Å². The summed E-state index contributed by atoms with van der Waals surface area (Å²) >= 11 is 6.16. The Morgan fingerprint density at radius 1 is 1.17 bits per heavy atom. The quantitative estimate of drug-likeness (QED) is 0.455. The Morgan fingerprint density at radius 2 is 1.83 bits per heavy atom. The smallest absolute Gasteiger partial charge is 0.242 e. The zero-order chi connectivity index (χ0) is 26.2. The summed E-state index contributed by atoms with van der Waals surface area (Å²) in [6.07, 6.45) is 1.67. The summed E-state index contributed by atoms with van der Waals surface area (Å²) in [6.45, 7) is 1.95. The summed E-state index contributed by atoms with van der Waals surface area (Å²) in [5, 5.41) is 2.83. The van der Waals surface area contributed by atoms with Crippen LogP contribution in [0.4, 0.5) is 10.1 Å². The second kappa shape index (κ2) is 12.7. The number of ether oxygens (including phenoxy) is 1. The largest absolute Gasteiger partial charge is 0.495 e. The average Bonchev–Trinajstić information content (AvgIpc) is 2.81. The summed E-state index contributed by atoms with van der Waals surface area (Å²) in [7, 11) is -0.699. The van der Waals surface area contributed by atoms with Crippen molar-refractivity contribution in [2.24, 2.45) is 0 Å². The van der Waals surface area contributed by atoms with Gasteiger partial charge in [0.15, 0.2) is 0 Å². The molecule has 0 heterocycles. The Hall–Kier alpha value is -2.85. The number of hydrogen-bond acceptors (Lipinski definition) is 5. The van der Waals surface area contributed by atoms with Gasteiger partial charge in [0, 0.05) is 26.6 Å². The van der Waals surface area contributed by atoms with E-state index < -0.39 is 21.9 Å². The van der Waals surface area contributed by atoms with Crippen molar-refractivity contribution in [2.45, 2.75) is 38.8 Å². The highest BCUT2D eigenvalue weighted by atomic mass is 35.5. The van der Waals surface area contributed by atoms with E-state index in [1.807, 2.05) is 0 Å². The number of carbonyl (C=O) groups excluding carboxylic acids is 2. The average molecular weight is 528 g/mol. The summed E-state index contributed by atoms with van der Waals surface area (Å²) in [4.78, 5) is 27.1. The lowest BCUT2D eigenvalue weighted by molar-refractivity contribution is -0.141. The van der Waals surface area contributed by atoms with Gasteiger partial charge in [-0.05, 0) is 48.7 Å². The first-order valence-electron chi connectivity index (χ1n) is 11.1. The number of sulfonamides is 1. The molecule has 192 valence electrons. The maximum Gasteiger partial charge on any atom is 0.242 e. The number of halogens is 2. The zero-order valence-corrected chi connectivity index (χ0v) is 21.8. The van der Waals surface area contributed by atoms with Crippen LogP contribution in [0.1, 0.15) is 31.7 Å². The van der Waals surface area contributed by atoms with Crippen LogP contribution in [-0.2, 0) is 26.2 Å². The lowest BCUT2D eigenvalue weighted by Gasteiger charge is -2.30. The van der Waals surface area contributed by atoms with E-state index in [0.717, 1.165) is 6.26 Å². The molecule has 0 aromatic heterocycles. The molecule has 0 bridgehead atoms. The first kappa shape index (κ1) is 28.4. The Morgan fingerprint density at radius 3 is 2.34 bits per heavy atom. The van der Waals surface area contributed by atoms with Crippen molar-refractivity contribution >= 4 is 39.1 Å². The highest BCUT2D eigenvalue weighted by Crippen LogP contribution is 2.30. The van der Waals surface area contributed by atoms with Gasteiger partial charge in [-0.25, -0.2) is 12.8 Å². The molecular weight excluding hydrogens is 497 g/mol. The molecule has 1 atom stereocenters. The van der Waals surface area contributed by atoms with Gasteiger partial charge in [0.25, 0.3) is 0 Å². The summed E-state index contributed by atoms with van der Waals surface area (Å²) in [6, 6.07) is 9.63. The second-order valence-corrected chi connectivity index (χ2v) is 10.3. The molecule has 2 aromatic rings. The Balaban J connectivity index is 2.20. The molecule has 2 rings (SSSR count). The minimum Gasteiger partial charge on any atom is -0.495 e. The number of nitrogens with one attached hydrogen (secondary N) is 1. The Kier molecular flexibility index (Phi) is 10.3. The van der Waals surface area contributed by atoms with Gasteiger partial charge in [-0.15, -0.1) is 0 Å². The van der Waals surface area contributed by atoms with E-state index in [1.165, 1.54) is 41.6 Å². The lowest BCUT2D eigenvalue weighted by Crippen LogP contribution is -2.48. The van der Waals surface area contributed by atoms with E-state index in [1.54, 1.807) is 31.2 Å². The predicted octanol–water partition coefficient (Wildman–Crippen LogP) is 3.59. The van der Waals surface area contributed by atoms with Crippen LogP contribution in [-0.4, -0.2) is 58.1 Å². The van der Waals surface area contributed by atoms with Crippen LogP contribution < -0.4 is 14.4 Å². The van der Waals surface area contributed by atoms with Crippen LogP contribution in [0.3, 0.4) is 0 Å². The minimum absolute atomic E-state index is 0.00456. The van der Waals surface area contributed by atoms with E-state index in [2.05, 4.69) is 5.32 Å². The van der Waals surface area contributed by atoms with E-state index in [9.17, 15) is 22.4 Å². The fourth-order valence-electron chi connectivity index (χ4n) is 3.69. The van der Waals surface area contributed by atoms with Crippen molar-refractivity contribution in [1.82, 2.24) is 10.2 Å². The molecule has 0 aliphatic rings. The summed E-state index contributed by atoms with van der Waals surface area (Å²) in [5.41, 5.74) is 1.03. The van der Waals surface area contributed by atoms with E-state index in [0.29, 0.717) is 23.4 Å². The maximum atomic E-state index is 13.3. The lowest BCUT2D eigenvalue weighted by atomic mass is 10.1. The summed E-state index contributed by atoms with van der Waals surface area (Å²) in [5.74, 6) is -0.612. The van der Waals surface area contributed by atoms with Gasteiger partial charge in [-0.1, -0.05) is 30.7 Å². The van der Waals surface area contributed by atoms with Crippen LogP contribution in [0, 0.1) is 5.82 Å². The monoisotopic (exact) mass is 527 g/mol. The molecule has 11 heteroatoms. The van der Waals surface area contributed by atoms with Crippen molar-refractivity contribution in [3.05, 3.63) is 58.9 Å². The molecule has 0 aliphatic heterocycles. The molecule has 0 radical (unpaired) electrons. The van der Waals surface area contributed by atoms with Gasteiger partial charge < -0.3 is 15.0 Å². The molecule has 35 heavy (non-hydrogen) atoms. The van der Waals surface area contributed by atoms with Gasteiger partial charge >= 0.3 is 0 Å². The topological polar surface area (TPSA) is 96.0 Å². The van der Waals surface area contributed by atoms with E-state index >= 15 is 0 Å². The van der Waals surface area contributed by atoms with E-state index in [-0.39, 0.29) is 42.8 Å². The van der Waals surface area contributed by atoms with Crippen LogP contribution in [0.5, 0.6) is 5.75 Å². The molecule has 2 aromatic carbocycles. The number of benzene rings is 2. The number of anilines is 1.